The van der Waals surface area contributed by atoms with Crippen molar-refractivity contribution in [2.24, 2.45) is 0 Å². The summed E-state index contributed by atoms with van der Waals surface area (Å²) in [5.74, 6) is 0.484. The third-order valence-corrected chi connectivity index (χ3v) is 6.08. The third kappa shape index (κ3) is 4.79. The molecular formula is C15H29O2P. The smallest absolute Gasteiger partial charge is 0.0715 e. The Bertz CT molecular complexity index is 221. The van der Waals surface area contributed by atoms with Crippen molar-refractivity contribution < 1.29 is 9.47 Å². The van der Waals surface area contributed by atoms with E-state index in [-0.39, 0.29) is 0 Å². The van der Waals surface area contributed by atoms with E-state index in [1.165, 1.54) is 57.8 Å². The van der Waals surface area contributed by atoms with Crippen LogP contribution in [0.4, 0.5) is 0 Å². The number of ether oxygens (including phenoxy) is 2. The van der Waals surface area contributed by atoms with Crippen molar-refractivity contribution in [3.05, 3.63) is 0 Å². The Balaban J connectivity index is 1.63. The van der Waals surface area contributed by atoms with E-state index in [0.717, 1.165) is 14.2 Å². The van der Waals surface area contributed by atoms with E-state index in [1.54, 1.807) is 0 Å². The van der Waals surface area contributed by atoms with Crippen molar-refractivity contribution in [1.82, 2.24) is 0 Å². The summed E-state index contributed by atoms with van der Waals surface area (Å²) in [7, 11) is 2.85. The molecule has 0 aromatic rings. The van der Waals surface area contributed by atoms with Crippen LogP contribution in [0.2, 0.25) is 0 Å². The molecule has 0 aliphatic heterocycles. The first kappa shape index (κ1) is 14.8. The molecule has 2 nitrogen and oxygen atoms in total. The van der Waals surface area contributed by atoms with Crippen LogP contribution in [0.25, 0.3) is 0 Å². The lowest BCUT2D eigenvalue weighted by Crippen LogP contribution is -2.28. The zero-order valence-electron chi connectivity index (χ0n) is 12.0. The molecule has 2 aliphatic carbocycles. The van der Waals surface area contributed by atoms with E-state index in [4.69, 9.17) is 9.47 Å². The monoisotopic (exact) mass is 272 g/mol. The maximum atomic E-state index is 6.24. The molecule has 106 valence electrons. The van der Waals surface area contributed by atoms with Gasteiger partial charge in [-0.25, -0.2) is 0 Å². The van der Waals surface area contributed by atoms with Crippen molar-refractivity contribution in [2.75, 3.05) is 7.11 Å². The maximum Gasteiger partial charge on any atom is 0.0715 e. The van der Waals surface area contributed by atoms with Crippen molar-refractivity contribution in [3.8, 4) is 0 Å². The second-order valence-corrected chi connectivity index (χ2v) is 7.88. The van der Waals surface area contributed by atoms with E-state index in [9.17, 15) is 0 Å². The van der Waals surface area contributed by atoms with Crippen molar-refractivity contribution >= 4 is 8.58 Å². The summed E-state index contributed by atoms with van der Waals surface area (Å²) in [5, 5.41) is 0. The Morgan fingerprint density at radius 3 is 2.11 bits per heavy atom. The number of methoxy groups -OCH3 is 1. The first-order valence-corrected chi connectivity index (χ1v) is 8.87. The van der Waals surface area contributed by atoms with Crippen LogP contribution in [0.1, 0.15) is 64.7 Å². The van der Waals surface area contributed by atoms with E-state index in [0.29, 0.717) is 18.1 Å². The van der Waals surface area contributed by atoms with Gasteiger partial charge < -0.3 is 9.47 Å². The number of hydrogen-bond acceptors (Lipinski definition) is 2. The van der Waals surface area contributed by atoms with Gasteiger partial charge in [0.15, 0.2) is 0 Å². The van der Waals surface area contributed by atoms with Gasteiger partial charge in [-0.05, 0) is 51.1 Å². The predicted octanol–water partition coefficient (Wildman–Crippen LogP) is 4.32. The quantitative estimate of drug-likeness (QED) is 0.694. The fraction of sp³-hybridized carbons (Fsp3) is 1.00. The first-order chi connectivity index (χ1) is 8.78. The Kier molecular flexibility index (Phi) is 6.41. The van der Waals surface area contributed by atoms with Crippen LogP contribution in [-0.4, -0.2) is 30.8 Å². The molecule has 0 aromatic heterocycles. The van der Waals surface area contributed by atoms with Gasteiger partial charge in [-0.1, -0.05) is 27.8 Å². The highest BCUT2D eigenvalue weighted by Crippen LogP contribution is 2.38. The van der Waals surface area contributed by atoms with Crippen LogP contribution < -0.4 is 0 Å². The molecule has 0 heterocycles. The fourth-order valence-corrected chi connectivity index (χ4v) is 5.01. The summed E-state index contributed by atoms with van der Waals surface area (Å²) in [6, 6.07) is 0. The van der Waals surface area contributed by atoms with Crippen LogP contribution in [0, 0.1) is 0 Å². The first-order valence-electron chi connectivity index (χ1n) is 7.72. The minimum atomic E-state index is 0.484. The topological polar surface area (TPSA) is 18.5 Å². The minimum absolute atomic E-state index is 0.484. The summed E-state index contributed by atoms with van der Waals surface area (Å²) in [6.07, 6.45) is 13.0. The zero-order chi connectivity index (χ0) is 12.8. The Hall–Kier alpha value is 0.350. The van der Waals surface area contributed by atoms with E-state index in [2.05, 4.69) is 6.92 Å². The molecule has 0 radical (unpaired) electrons. The van der Waals surface area contributed by atoms with Gasteiger partial charge in [0.1, 0.15) is 0 Å². The number of hydrogen-bond donors (Lipinski definition) is 0. The summed E-state index contributed by atoms with van der Waals surface area (Å²) in [6.45, 7) is 2.29. The average Bonchev–Trinajstić information content (AvgIpc) is 2.40. The van der Waals surface area contributed by atoms with Crippen LogP contribution in [0.3, 0.4) is 0 Å². The second kappa shape index (κ2) is 7.82. The molecule has 0 N–H and O–H groups in total. The maximum absolute atomic E-state index is 6.24. The van der Waals surface area contributed by atoms with Crippen molar-refractivity contribution in [1.29, 1.82) is 0 Å². The summed E-state index contributed by atoms with van der Waals surface area (Å²) < 4.78 is 11.7. The molecular weight excluding hydrogens is 243 g/mol. The molecule has 0 bridgehead atoms. The number of rotatable bonds is 5. The highest BCUT2D eigenvalue weighted by molar-refractivity contribution is 7.39. The van der Waals surface area contributed by atoms with Gasteiger partial charge in [0, 0.05) is 7.11 Å². The highest BCUT2D eigenvalue weighted by atomic mass is 31.1. The highest BCUT2D eigenvalue weighted by Gasteiger charge is 2.24. The molecule has 0 amide bonds. The average molecular weight is 272 g/mol. The fourth-order valence-electron chi connectivity index (χ4n) is 3.33. The minimum Gasteiger partial charge on any atom is -0.381 e. The second-order valence-electron chi connectivity index (χ2n) is 5.91. The van der Waals surface area contributed by atoms with Crippen molar-refractivity contribution in [3.63, 3.8) is 0 Å². The lowest BCUT2D eigenvalue weighted by atomic mass is 9.95. The molecule has 3 heteroatoms. The lowest BCUT2D eigenvalue weighted by molar-refractivity contribution is -0.0226. The van der Waals surface area contributed by atoms with Gasteiger partial charge in [-0.15, -0.1) is 0 Å². The molecule has 2 saturated carbocycles. The lowest BCUT2D eigenvalue weighted by Gasteiger charge is -2.31. The van der Waals surface area contributed by atoms with Gasteiger partial charge >= 0.3 is 0 Å². The molecule has 0 saturated heterocycles. The molecule has 2 unspecified atom stereocenters. The molecule has 2 fully saturated rings. The van der Waals surface area contributed by atoms with Crippen LogP contribution in [0.5, 0.6) is 0 Å². The summed E-state index contributed by atoms with van der Waals surface area (Å²) in [4.78, 5) is 0. The van der Waals surface area contributed by atoms with Gasteiger partial charge in [-0.2, -0.15) is 0 Å². The predicted molar refractivity (Wildman–Crippen MR) is 78.8 cm³/mol. The standard InChI is InChI=1S/C15H29O2P/c1-12(18-15-6-4-3-5-7-15)17-14-10-8-13(16-2)9-11-14/h12-15,18H,3-11H2,1-2H3. The van der Waals surface area contributed by atoms with E-state index >= 15 is 0 Å². The van der Waals surface area contributed by atoms with E-state index < -0.39 is 0 Å². The van der Waals surface area contributed by atoms with Crippen LogP contribution >= 0.6 is 8.58 Å². The Morgan fingerprint density at radius 2 is 1.50 bits per heavy atom. The van der Waals surface area contributed by atoms with Crippen LogP contribution in [-0.2, 0) is 9.47 Å². The summed E-state index contributed by atoms with van der Waals surface area (Å²) in [5.41, 5.74) is 0.962. The molecule has 2 atom stereocenters. The largest absolute Gasteiger partial charge is 0.381 e. The molecule has 18 heavy (non-hydrogen) atoms. The van der Waals surface area contributed by atoms with Gasteiger partial charge in [0.2, 0.25) is 0 Å². The summed E-state index contributed by atoms with van der Waals surface area (Å²) >= 11 is 0. The Morgan fingerprint density at radius 1 is 0.889 bits per heavy atom. The zero-order valence-corrected chi connectivity index (χ0v) is 13.0. The molecule has 0 spiro atoms. The molecule has 0 aromatic carbocycles. The van der Waals surface area contributed by atoms with Gasteiger partial charge in [-0.3, -0.25) is 0 Å². The van der Waals surface area contributed by atoms with Crippen LogP contribution in [0.15, 0.2) is 0 Å². The molecule has 2 aliphatic rings. The normalized spacial score (nSPS) is 33.0. The van der Waals surface area contributed by atoms with E-state index in [1.807, 2.05) is 7.11 Å². The third-order valence-electron chi connectivity index (χ3n) is 4.43. The Labute approximate surface area is 114 Å². The van der Waals surface area contributed by atoms with Gasteiger partial charge in [0.25, 0.3) is 0 Å². The van der Waals surface area contributed by atoms with Gasteiger partial charge in [0.05, 0.1) is 18.1 Å². The SMILES string of the molecule is COC1CCC(OC(C)PC2CCCCC2)CC1. The van der Waals surface area contributed by atoms with Crippen molar-refractivity contribution in [2.45, 2.75) is 88.4 Å². The molecule has 2 rings (SSSR count).